The van der Waals surface area contributed by atoms with Gasteiger partial charge >= 0.3 is 5.97 Å². The second-order valence-electron chi connectivity index (χ2n) is 14.6. The van der Waals surface area contributed by atoms with Gasteiger partial charge in [-0.25, -0.2) is 4.79 Å². The Morgan fingerprint density at radius 2 is 1.74 bits per heavy atom. The van der Waals surface area contributed by atoms with Crippen LogP contribution in [-0.4, -0.2) is 19.2 Å². The summed E-state index contributed by atoms with van der Waals surface area (Å²) in [7, 11) is 1.46. The monoisotopic (exact) mass is 534 g/mol. The van der Waals surface area contributed by atoms with Crippen LogP contribution in [-0.2, 0) is 14.3 Å². The number of ether oxygens (including phenoxy) is 2. The van der Waals surface area contributed by atoms with Gasteiger partial charge in [-0.1, -0.05) is 95.9 Å². The highest BCUT2D eigenvalue weighted by molar-refractivity contribution is 5.76. The first-order valence-electron chi connectivity index (χ1n) is 16.1. The van der Waals surface area contributed by atoms with Crippen molar-refractivity contribution in [1.82, 2.24) is 0 Å². The summed E-state index contributed by atoms with van der Waals surface area (Å²) < 4.78 is 11.7. The number of rotatable bonds is 9. The Balaban J connectivity index is 1.27. The quantitative estimate of drug-likeness (QED) is 0.234. The molecule has 0 aromatic heterocycles. The zero-order chi connectivity index (χ0) is 27.8. The SMILES string of the molecule is COC(=O)[C@H](O[C@H]1CC[C@@]2(C)C(=CC[C@H]3[C@@H]4CC[C@H]([C@@H](C)CCCC(C)C)[C@@]4(C)CC[C@@H]32)C1)c1ccccc1. The Bertz CT molecular complexity index is 1010. The van der Waals surface area contributed by atoms with E-state index in [0.29, 0.717) is 10.8 Å². The topological polar surface area (TPSA) is 35.5 Å². The molecule has 0 N–H and O–H groups in total. The van der Waals surface area contributed by atoms with Crippen molar-refractivity contribution < 1.29 is 14.3 Å². The van der Waals surface area contributed by atoms with Crippen molar-refractivity contribution in [2.45, 2.75) is 117 Å². The van der Waals surface area contributed by atoms with E-state index in [1.807, 2.05) is 30.3 Å². The highest BCUT2D eigenvalue weighted by Crippen LogP contribution is 2.67. The van der Waals surface area contributed by atoms with Gasteiger partial charge in [0.2, 0.25) is 0 Å². The van der Waals surface area contributed by atoms with E-state index < -0.39 is 6.10 Å². The molecule has 0 amide bonds. The van der Waals surface area contributed by atoms with Gasteiger partial charge in [-0.2, -0.15) is 0 Å². The molecular formula is C36H54O3. The maximum atomic E-state index is 12.7. The highest BCUT2D eigenvalue weighted by Gasteiger charge is 2.59. The minimum atomic E-state index is -0.643. The van der Waals surface area contributed by atoms with Crippen molar-refractivity contribution in [1.29, 1.82) is 0 Å². The number of hydrogen-bond donors (Lipinski definition) is 0. The lowest BCUT2D eigenvalue weighted by atomic mass is 9.47. The second-order valence-corrected chi connectivity index (χ2v) is 14.6. The van der Waals surface area contributed by atoms with Crippen LogP contribution >= 0.6 is 0 Å². The van der Waals surface area contributed by atoms with Gasteiger partial charge in [0.1, 0.15) is 0 Å². The summed E-state index contributed by atoms with van der Waals surface area (Å²) in [6.07, 6.45) is 16.3. The first-order chi connectivity index (χ1) is 18.7. The summed E-state index contributed by atoms with van der Waals surface area (Å²) in [6, 6.07) is 9.85. The summed E-state index contributed by atoms with van der Waals surface area (Å²) in [5.74, 6) is 4.83. The summed E-state index contributed by atoms with van der Waals surface area (Å²) in [5.41, 5.74) is 3.32. The molecule has 0 spiro atoms. The summed E-state index contributed by atoms with van der Waals surface area (Å²) in [4.78, 5) is 12.7. The van der Waals surface area contributed by atoms with Crippen molar-refractivity contribution in [3.63, 3.8) is 0 Å². The largest absolute Gasteiger partial charge is 0.467 e. The van der Waals surface area contributed by atoms with Crippen molar-refractivity contribution in [2.24, 2.45) is 46.3 Å². The van der Waals surface area contributed by atoms with E-state index in [1.165, 1.54) is 64.9 Å². The van der Waals surface area contributed by atoms with Crippen LogP contribution in [0.4, 0.5) is 0 Å². The first kappa shape index (κ1) is 28.9. The lowest BCUT2D eigenvalue weighted by Crippen LogP contribution is -2.51. The van der Waals surface area contributed by atoms with Gasteiger partial charge in [-0.3, -0.25) is 0 Å². The molecule has 0 bridgehead atoms. The van der Waals surface area contributed by atoms with Gasteiger partial charge in [0.15, 0.2) is 6.10 Å². The smallest absolute Gasteiger partial charge is 0.339 e. The molecule has 216 valence electrons. The van der Waals surface area contributed by atoms with Crippen LogP contribution in [0.2, 0.25) is 0 Å². The molecule has 9 atom stereocenters. The molecular weight excluding hydrogens is 480 g/mol. The molecule has 0 radical (unpaired) electrons. The molecule has 39 heavy (non-hydrogen) atoms. The maximum absolute atomic E-state index is 12.7. The number of esters is 1. The molecule has 0 saturated heterocycles. The Morgan fingerprint density at radius 3 is 2.46 bits per heavy atom. The van der Waals surface area contributed by atoms with Gasteiger partial charge in [0, 0.05) is 0 Å². The van der Waals surface area contributed by atoms with E-state index in [0.717, 1.165) is 53.9 Å². The molecule has 1 aromatic rings. The van der Waals surface area contributed by atoms with Gasteiger partial charge < -0.3 is 9.47 Å². The van der Waals surface area contributed by atoms with Gasteiger partial charge in [0.25, 0.3) is 0 Å². The van der Waals surface area contributed by atoms with Crippen molar-refractivity contribution in [3.05, 3.63) is 47.5 Å². The predicted molar refractivity (Wildman–Crippen MR) is 159 cm³/mol. The zero-order valence-corrected chi connectivity index (χ0v) is 25.6. The molecule has 4 aliphatic carbocycles. The number of fused-ring (bicyclic) bond motifs is 5. The van der Waals surface area contributed by atoms with Crippen LogP contribution in [0.25, 0.3) is 0 Å². The van der Waals surface area contributed by atoms with E-state index >= 15 is 0 Å². The Labute approximate surface area is 238 Å². The molecule has 0 unspecified atom stereocenters. The summed E-state index contributed by atoms with van der Waals surface area (Å²) >= 11 is 0. The number of methoxy groups -OCH3 is 1. The highest BCUT2D eigenvalue weighted by atomic mass is 16.6. The Kier molecular flexibility index (Phi) is 8.68. The second kappa shape index (κ2) is 11.7. The van der Waals surface area contributed by atoms with E-state index in [4.69, 9.17) is 9.47 Å². The number of carbonyl (C=O) groups is 1. The molecule has 3 heteroatoms. The Morgan fingerprint density at radius 1 is 0.974 bits per heavy atom. The Hall–Kier alpha value is -1.61. The summed E-state index contributed by atoms with van der Waals surface area (Å²) in [6.45, 7) is 12.6. The molecule has 4 aliphatic rings. The average molecular weight is 535 g/mol. The van der Waals surface area contributed by atoms with Gasteiger partial charge in [-0.15, -0.1) is 0 Å². The fourth-order valence-electron chi connectivity index (χ4n) is 9.97. The van der Waals surface area contributed by atoms with E-state index in [-0.39, 0.29) is 12.1 Å². The maximum Gasteiger partial charge on any atom is 0.339 e. The lowest BCUT2D eigenvalue weighted by molar-refractivity contribution is -0.160. The van der Waals surface area contributed by atoms with Crippen LogP contribution in [0.3, 0.4) is 0 Å². The van der Waals surface area contributed by atoms with Crippen molar-refractivity contribution in [3.8, 4) is 0 Å². The normalized spacial score (nSPS) is 37.3. The van der Waals surface area contributed by atoms with Crippen LogP contribution in [0.15, 0.2) is 42.0 Å². The van der Waals surface area contributed by atoms with Crippen molar-refractivity contribution >= 4 is 5.97 Å². The van der Waals surface area contributed by atoms with Gasteiger partial charge in [0.05, 0.1) is 13.2 Å². The van der Waals surface area contributed by atoms with Crippen LogP contribution in [0.1, 0.15) is 117 Å². The molecule has 3 fully saturated rings. The average Bonchev–Trinajstić information content (AvgIpc) is 3.29. The molecule has 0 aliphatic heterocycles. The standard InChI is InChI=1S/C36H54O3/c1-24(2)11-10-12-25(3)30-17-18-31-29-16-15-27-23-28(19-21-35(27,4)32(29)20-22-36(30,31)5)39-33(34(37)38-6)26-13-8-7-9-14-26/h7-9,13-15,24-25,28-33H,10-12,16-23H2,1-6H3/t25-,28-,29-,30+,31-,32-,33+,35-,36+/m0/s1. The van der Waals surface area contributed by atoms with E-state index in [1.54, 1.807) is 5.57 Å². The molecule has 1 aromatic carbocycles. The molecule has 3 saturated carbocycles. The third-order valence-electron chi connectivity index (χ3n) is 12.1. The third kappa shape index (κ3) is 5.51. The van der Waals surface area contributed by atoms with Crippen LogP contribution in [0.5, 0.6) is 0 Å². The lowest BCUT2D eigenvalue weighted by Gasteiger charge is -2.58. The zero-order valence-electron chi connectivity index (χ0n) is 25.6. The number of hydrogen-bond acceptors (Lipinski definition) is 3. The van der Waals surface area contributed by atoms with E-state index in [2.05, 4.69) is 40.7 Å². The fourth-order valence-corrected chi connectivity index (χ4v) is 9.97. The van der Waals surface area contributed by atoms with E-state index in [9.17, 15) is 4.79 Å². The fraction of sp³-hybridized carbons (Fsp3) is 0.750. The molecule has 5 rings (SSSR count). The minimum Gasteiger partial charge on any atom is -0.467 e. The molecule has 0 heterocycles. The van der Waals surface area contributed by atoms with Crippen LogP contribution < -0.4 is 0 Å². The summed E-state index contributed by atoms with van der Waals surface area (Å²) in [5, 5.41) is 0. The number of carbonyl (C=O) groups excluding carboxylic acids is 1. The third-order valence-corrected chi connectivity index (χ3v) is 12.1. The minimum absolute atomic E-state index is 0.0709. The predicted octanol–water partition coefficient (Wildman–Crippen LogP) is 9.33. The number of benzene rings is 1. The van der Waals surface area contributed by atoms with Gasteiger partial charge in [-0.05, 0) is 103 Å². The number of allylic oxidation sites excluding steroid dienone is 1. The first-order valence-corrected chi connectivity index (χ1v) is 16.1. The van der Waals surface area contributed by atoms with Crippen LogP contribution in [0, 0.1) is 46.3 Å². The molecule has 3 nitrogen and oxygen atoms in total. The van der Waals surface area contributed by atoms with Crippen molar-refractivity contribution in [2.75, 3.05) is 7.11 Å².